The smallest absolute Gasteiger partial charge is 0.244 e. The molecule has 1 saturated heterocycles. The largest absolute Gasteiger partial charge is 0.508 e. The third kappa shape index (κ3) is 3.26. The van der Waals surface area contributed by atoms with Crippen molar-refractivity contribution in [1.29, 1.82) is 0 Å². The average Bonchev–Trinajstić information content (AvgIpc) is 2.55. The van der Waals surface area contributed by atoms with Crippen LogP contribution in [0.25, 0.3) is 0 Å². The summed E-state index contributed by atoms with van der Waals surface area (Å²) >= 11 is 0. The first-order chi connectivity index (χ1) is 10.7. The second kappa shape index (κ2) is 6.58. The number of carbonyl (C=O) groups excluding carboxylic acids is 1. The number of nitrogens with zero attached hydrogens (tertiary/aromatic N) is 2. The van der Waals surface area contributed by atoms with Crippen molar-refractivity contribution in [3.8, 4) is 5.75 Å². The van der Waals surface area contributed by atoms with Gasteiger partial charge in [-0.25, -0.2) is 0 Å². The monoisotopic (exact) mass is 297 g/mol. The number of nitrogens with one attached hydrogen (secondary N) is 1. The van der Waals surface area contributed by atoms with Gasteiger partial charge in [-0.2, -0.15) is 0 Å². The van der Waals surface area contributed by atoms with Crippen LogP contribution in [-0.4, -0.2) is 28.6 Å². The van der Waals surface area contributed by atoms with Crippen molar-refractivity contribution in [3.05, 3.63) is 54.4 Å². The normalized spacial score (nSPS) is 18.5. The summed E-state index contributed by atoms with van der Waals surface area (Å²) < 4.78 is 0. The highest BCUT2D eigenvalue weighted by atomic mass is 16.3. The summed E-state index contributed by atoms with van der Waals surface area (Å²) in [7, 11) is 0. The minimum Gasteiger partial charge on any atom is -0.508 e. The number of benzene rings is 1. The summed E-state index contributed by atoms with van der Waals surface area (Å²) in [5.41, 5.74) is 1.81. The number of phenols is 1. The summed E-state index contributed by atoms with van der Waals surface area (Å²) in [5, 5.41) is 12.8. The van der Waals surface area contributed by atoms with Crippen LogP contribution in [0.4, 0.5) is 5.69 Å². The van der Waals surface area contributed by atoms with Gasteiger partial charge in [-0.05, 0) is 42.7 Å². The fourth-order valence-corrected chi connectivity index (χ4v) is 2.74. The summed E-state index contributed by atoms with van der Waals surface area (Å²) in [6.45, 7) is 1.29. The molecule has 1 aliphatic heterocycles. The van der Waals surface area contributed by atoms with Crippen LogP contribution in [0.3, 0.4) is 0 Å². The molecule has 0 unspecified atom stereocenters. The summed E-state index contributed by atoms with van der Waals surface area (Å²) in [6, 6.07) is 10.6. The second-order valence-corrected chi connectivity index (χ2v) is 5.45. The molecule has 0 aliphatic carbocycles. The Balaban J connectivity index is 1.65. The molecule has 2 heterocycles. The van der Waals surface area contributed by atoms with Crippen molar-refractivity contribution in [2.75, 3.05) is 11.4 Å². The molecule has 3 rings (SSSR count). The van der Waals surface area contributed by atoms with Gasteiger partial charge in [0.05, 0.1) is 17.9 Å². The Bertz CT molecular complexity index is 645. The number of carbonyl (C=O) groups is 1. The number of anilines is 1. The van der Waals surface area contributed by atoms with Crippen LogP contribution >= 0.6 is 0 Å². The molecule has 114 valence electrons. The molecule has 0 saturated carbocycles. The van der Waals surface area contributed by atoms with Gasteiger partial charge < -0.3 is 15.3 Å². The van der Waals surface area contributed by atoms with Crippen LogP contribution in [0.15, 0.2) is 48.8 Å². The molecule has 1 atom stereocenters. The van der Waals surface area contributed by atoms with Crippen LogP contribution < -0.4 is 10.2 Å². The lowest BCUT2D eigenvalue weighted by Gasteiger charge is -2.32. The van der Waals surface area contributed by atoms with Crippen molar-refractivity contribution in [1.82, 2.24) is 10.3 Å². The Morgan fingerprint density at radius 3 is 3.00 bits per heavy atom. The third-order valence-corrected chi connectivity index (χ3v) is 3.86. The van der Waals surface area contributed by atoms with E-state index in [1.54, 1.807) is 35.5 Å². The highest BCUT2D eigenvalue weighted by Crippen LogP contribution is 2.20. The van der Waals surface area contributed by atoms with Crippen LogP contribution in [-0.2, 0) is 11.3 Å². The summed E-state index contributed by atoms with van der Waals surface area (Å²) in [4.78, 5) is 18.5. The molecule has 2 aromatic rings. The molecule has 2 N–H and O–H groups in total. The van der Waals surface area contributed by atoms with E-state index in [0.717, 1.165) is 30.6 Å². The Morgan fingerprint density at radius 2 is 2.23 bits per heavy atom. The van der Waals surface area contributed by atoms with E-state index >= 15 is 0 Å². The lowest BCUT2D eigenvalue weighted by molar-refractivity contribution is -0.121. The molecular weight excluding hydrogens is 278 g/mol. The van der Waals surface area contributed by atoms with Gasteiger partial charge in [0, 0.05) is 19.3 Å². The number of hydrogen-bond acceptors (Lipinski definition) is 4. The Morgan fingerprint density at radius 1 is 1.32 bits per heavy atom. The zero-order valence-corrected chi connectivity index (χ0v) is 12.3. The number of rotatable bonds is 4. The molecule has 5 heteroatoms. The van der Waals surface area contributed by atoms with Crippen LogP contribution in [0, 0.1) is 0 Å². The molecule has 5 nitrogen and oxygen atoms in total. The zero-order chi connectivity index (χ0) is 15.4. The van der Waals surface area contributed by atoms with Gasteiger partial charge in [0.15, 0.2) is 0 Å². The predicted octanol–water partition coefficient (Wildman–Crippen LogP) is 2.07. The van der Waals surface area contributed by atoms with Crippen molar-refractivity contribution in [3.63, 3.8) is 0 Å². The van der Waals surface area contributed by atoms with Gasteiger partial charge in [0.25, 0.3) is 0 Å². The molecule has 1 fully saturated rings. The minimum atomic E-state index is -0.198. The second-order valence-electron chi connectivity index (χ2n) is 5.45. The van der Waals surface area contributed by atoms with Crippen molar-refractivity contribution < 1.29 is 9.90 Å². The van der Waals surface area contributed by atoms with E-state index in [1.165, 1.54) is 0 Å². The molecule has 0 spiro atoms. The first-order valence-electron chi connectivity index (χ1n) is 7.47. The highest BCUT2D eigenvalue weighted by molar-refractivity contribution is 5.97. The maximum atomic E-state index is 12.6. The predicted molar refractivity (Wildman–Crippen MR) is 84.6 cm³/mol. The van der Waals surface area contributed by atoms with E-state index in [1.807, 2.05) is 18.2 Å². The molecule has 1 aliphatic rings. The molecule has 1 aromatic heterocycles. The molecule has 1 aromatic carbocycles. The SMILES string of the molecule is O=C1[C@H](NCc2cccc(O)c2)CCCN1c1cccnc1. The van der Waals surface area contributed by atoms with Gasteiger partial charge in [-0.1, -0.05) is 12.1 Å². The van der Waals surface area contributed by atoms with Gasteiger partial charge in [0.1, 0.15) is 5.75 Å². The molecular formula is C17H19N3O2. The summed E-state index contributed by atoms with van der Waals surface area (Å²) in [5.74, 6) is 0.325. The van der Waals surface area contributed by atoms with E-state index in [0.29, 0.717) is 6.54 Å². The lowest BCUT2D eigenvalue weighted by atomic mass is 10.0. The van der Waals surface area contributed by atoms with Gasteiger partial charge >= 0.3 is 0 Å². The number of pyridine rings is 1. The third-order valence-electron chi connectivity index (χ3n) is 3.86. The average molecular weight is 297 g/mol. The van der Waals surface area contributed by atoms with Gasteiger partial charge in [-0.3, -0.25) is 9.78 Å². The van der Waals surface area contributed by atoms with Gasteiger partial charge in [-0.15, -0.1) is 0 Å². The Kier molecular flexibility index (Phi) is 4.34. The fraction of sp³-hybridized carbons (Fsp3) is 0.294. The maximum Gasteiger partial charge on any atom is 0.244 e. The maximum absolute atomic E-state index is 12.6. The number of amides is 1. The van der Waals surface area contributed by atoms with Crippen LogP contribution in [0.5, 0.6) is 5.75 Å². The topological polar surface area (TPSA) is 65.5 Å². The fourth-order valence-electron chi connectivity index (χ4n) is 2.74. The molecule has 1 amide bonds. The van der Waals surface area contributed by atoms with E-state index in [-0.39, 0.29) is 17.7 Å². The van der Waals surface area contributed by atoms with E-state index in [4.69, 9.17) is 0 Å². The van der Waals surface area contributed by atoms with Gasteiger partial charge in [0.2, 0.25) is 5.91 Å². The number of piperidine rings is 1. The van der Waals surface area contributed by atoms with Crippen LogP contribution in [0.1, 0.15) is 18.4 Å². The van der Waals surface area contributed by atoms with Crippen molar-refractivity contribution >= 4 is 11.6 Å². The number of hydrogen-bond donors (Lipinski definition) is 2. The minimum absolute atomic E-state index is 0.0828. The molecule has 22 heavy (non-hydrogen) atoms. The number of aromatic nitrogens is 1. The molecule has 0 bridgehead atoms. The quantitative estimate of drug-likeness (QED) is 0.907. The lowest BCUT2D eigenvalue weighted by Crippen LogP contribution is -2.50. The standard InChI is InChI=1S/C17H19N3O2/c21-15-6-1-4-13(10-15)11-19-16-7-3-9-20(17(16)22)14-5-2-8-18-12-14/h1-2,4-6,8,10,12,16,19,21H,3,7,9,11H2/t16-/m1/s1. The first kappa shape index (κ1) is 14.5. The van der Waals surface area contributed by atoms with Crippen molar-refractivity contribution in [2.24, 2.45) is 0 Å². The zero-order valence-electron chi connectivity index (χ0n) is 12.3. The summed E-state index contributed by atoms with van der Waals surface area (Å²) in [6.07, 6.45) is 5.21. The Labute approximate surface area is 129 Å². The first-order valence-corrected chi connectivity index (χ1v) is 7.47. The molecule has 0 radical (unpaired) electrons. The van der Waals surface area contributed by atoms with E-state index in [9.17, 15) is 9.90 Å². The number of phenolic OH excluding ortho intramolecular Hbond substituents is 1. The van der Waals surface area contributed by atoms with Crippen molar-refractivity contribution in [2.45, 2.75) is 25.4 Å². The number of aromatic hydroxyl groups is 1. The van der Waals surface area contributed by atoms with E-state index < -0.39 is 0 Å². The Hall–Kier alpha value is -2.40. The van der Waals surface area contributed by atoms with E-state index in [2.05, 4.69) is 10.3 Å². The highest BCUT2D eigenvalue weighted by Gasteiger charge is 2.29. The van der Waals surface area contributed by atoms with Crippen LogP contribution in [0.2, 0.25) is 0 Å².